The van der Waals surface area contributed by atoms with Gasteiger partial charge in [-0.15, -0.1) is 0 Å². The molecule has 94 valence electrons. The number of carbonyl (C=O) groups excluding carboxylic acids is 1. The van der Waals surface area contributed by atoms with Gasteiger partial charge in [-0.05, 0) is 31.4 Å². The van der Waals surface area contributed by atoms with Gasteiger partial charge < -0.3 is 0 Å². The van der Waals surface area contributed by atoms with Crippen LogP contribution in [-0.2, 0) is 11.5 Å². The van der Waals surface area contributed by atoms with Crippen molar-refractivity contribution in [3.8, 4) is 0 Å². The normalized spacial score (nSPS) is 10.8. The summed E-state index contributed by atoms with van der Waals surface area (Å²) >= 11 is 6.00. The lowest BCUT2D eigenvalue weighted by atomic mass is 10.1. The van der Waals surface area contributed by atoms with Crippen molar-refractivity contribution in [2.45, 2.75) is 18.4 Å². The summed E-state index contributed by atoms with van der Waals surface area (Å²) in [6, 6.07) is 5.44. The molecule has 0 aliphatic heterocycles. The monoisotopic (exact) mass is 278 g/mol. The number of hydrogen-bond acceptors (Lipinski definition) is 5. The molecule has 18 heavy (non-hydrogen) atoms. The van der Waals surface area contributed by atoms with E-state index in [4.69, 9.17) is 0 Å². The summed E-state index contributed by atoms with van der Waals surface area (Å²) in [6.07, 6.45) is 2.03. The van der Waals surface area contributed by atoms with Gasteiger partial charge in [0.25, 0.3) is 0 Å². The standard InChI is InChI=1S/C13H14N2OS2/c1-8(16)9-3-4-10-11(5-9)15-12(6-17)13(14-10)7-18-2/h3-5,17H,6-7H2,1-2H3. The van der Waals surface area contributed by atoms with Crippen LogP contribution in [0.4, 0.5) is 0 Å². The molecule has 0 fully saturated rings. The maximum Gasteiger partial charge on any atom is 0.159 e. The minimum Gasteiger partial charge on any atom is -0.295 e. The Balaban J connectivity index is 2.59. The molecule has 1 heterocycles. The molecule has 0 unspecified atom stereocenters. The minimum atomic E-state index is 0.0410. The largest absolute Gasteiger partial charge is 0.295 e. The van der Waals surface area contributed by atoms with E-state index in [2.05, 4.69) is 22.6 Å². The van der Waals surface area contributed by atoms with E-state index < -0.39 is 0 Å². The highest BCUT2D eigenvalue weighted by Gasteiger charge is 2.09. The Bertz CT molecular complexity index is 599. The molecule has 0 spiro atoms. The predicted molar refractivity (Wildman–Crippen MR) is 79.5 cm³/mol. The van der Waals surface area contributed by atoms with Crippen LogP contribution >= 0.6 is 24.4 Å². The summed E-state index contributed by atoms with van der Waals surface area (Å²) in [5.41, 5.74) is 4.12. The van der Waals surface area contributed by atoms with Gasteiger partial charge in [-0.3, -0.25) is 4.79 Å². The average Bonchev–Trinajstić information content (AvgIpc) is 2.37. The number of ketones is 1. The summed E-state index contributed by atoms with van der Waals surface area (Å²) in [4.78, 5) is 20.5. The van der Waals surface area contributed by atoms with E-state index in [0.717, 1.165) is 28.2 Å². The number of aromatic nitrogens is 2. The highest BCUT2D eigenvalue weighted by Crippen LogP contribution is 2.19. The van der Waals surface area contributed by atoms with Crippen LogP contribution in [0.25, 0.3) is 11.0 Å². The van der Waals surface area contributed by atoms with Crippen LogP contribution in [0.1, 0.15) is 28.7 Å². The third kappa shape index (κ3) is 2.67. The quantitative estimate of drug-likeness (QED) is 0.689. The summed E-state index contributed by atoms with van der Waals surface area (Å²) in [7, 11) is 0. The number of fused-ring (bicyclic) bond motifs is 1. The fraction of sp³-hybridized carbons (Fsp3) is 0.308. The molecule has 5 heteroatoms. The van der Waals surface area contributed by atoms with Gasteiger partial charge in [0.1, 0.15) is 0 Å². The molecule has 0 saturated heterocycles. The number of rotatable bonds is 4. The minimum absolute atomic E-state index is 0.0410. The smallest absolute Gasteiger partial charge is 0.159 e. The number of Topliss-reactive ketones (excluding diaryl/α,β-unsaturated/α-hetero) is 1. The van der Waals surface area contributed by atoms with Gasteiger partial charge in [-0.1, -0.05) is 0 Å². The number of hydrogen-bond donors (Lipinski definition) is 1. The number of carbonyl (C=O) groups is 1. The van der Waals surface area contributed by atoms with Crippen molar-refractivity contribution in [1.29, 1.82) is 0 Å². The van der Waals surface area contributed by atoms with E-state index in [1.807, 2.05) is 12.3 Å². The molecule has 0 atom stereocenters. The SMILES string of the molecule is CSCc1nc2ccc(C(C)=O)cc2nc1CS. The van der Waals surface area contributed by atoms with E-state index in [0.29, 0.717) is 11.3 Å². The molecule has 0 radical (unpaired) electrons. The number of nitrogens with zero attached hydrogens (tertiary/aromatic N) is 2. The molecule has 0 saturated carbocycles. The molecule has 0 aliphatic rings. The number of thioether (sulfide) groups is 1. The van der Waals surface area contributed by atoms with Gasteiger partial charge in [0, 0.05) is 17.1 Å². The number of benzene rings is 1. The molecule has 0 amide bonds. The molecule has 2 aromatic rings. The first-order valence-electron chi connectivity index (χ1n) is 5.56. The Morgan fingerprint density at radius 2 is 2.00 bits per heavy atom. The molecule has 0 bridgehead atoms. The highest BCUT2D eigenvalue weighted by atomic mass is 32.2. The van der Waals surface area contributed by atoms with Gasteiger partial charge in [0.2, 0.25) is 0 Å². The topological polar surface area (TPSA) is 42.9 Å². The lowest BCUT2D eigenvalue weighted by molar-refractivity contribution is 0.101. The Morgan fingerprint density at radius 1 is 1.28 bits per heavy atom. The summed E-state index contributed by atoms with van der Waals surface area (Å²) in [5, 5.41) is 0. The van der Waals surface area contributed by atoms with Crippen molar-refractivity contribution in [3.63, 3.8) is 0 Å². The van der Waals surface area contributed by atoms with Crippen LogP contribution in [0.15, 0.2) is 18.2 Å². The van der Waals surface area contributed by atoms with E-state index in [-0.39, 0.29) is 5.78 Å². The zero-order valence-electron chi connectivity index (χ0n) is 10.3. The van der Waals surface area contributed by atoms with Gasteiger partial charge in [-0.2, -0.15) is 24.4 Å². The highest BCUT2D eigenvalue weighted by molar-refractivity contribution is 7.97. The van der Waals surface area contributed by atoms with Crippen molar-refractivity contribution in [3.05, 3.63) is 35.2 Å². The molecule has 2 rings (SSSR count). The lowest BCUT2D eigenvalue weighted by Gasteiger charge is -2.07. The van der Waals surface area contributed by atoms with E-state index in [1.54, 1.807) is 30.8 Å². The zero-order valence-corrected chi connectivity index (χ0v) is 12.0. The molecule has 0 aliphatic carbocycles. The van der Waals surface area contributed by atoms with Crippen LogP contribution in [0, 0.1) is 0 Å². The van der Waals surface area contributed by atoms with Crippen molar-refractivity contribution in [1.82, 2.24) is 9.97 Å². The maximum absolute atomic E-state index is 11.3. The Kier molecular flexibility index (Phi) is 4.24. The van der Waals surface area contributed by atoms with Crippen molar-refractivity contribution < 1.29 is 4.79 Å². The second-order valence-electron chi connectivity index (χ2n) is 3.97. The van der Waals surface area contributed by atoms with E-state index >= 15 is 0 Å². The average molecular weight is 278 g/mol. The lowest BCUT2D eigenvalue weighted by Crippen LogP contribution is -2.01. The molecule has 1 aromatic heterocycles. The maximum atomic E-state index is 11.3. The third-order valence-electron chi connectivity index (χ3n) is 2.66. The van der Waals surface area contributed by atoms with Crippen molar-refractivity contribution >= 4 is 41.2 Å². The fourth-order valence-corrected chi connectivity index (χ4v) is 2.48. The first-order chi connectivity index (χ1) is 8.65. The van der Waals surface area contributed by atoms with Crippen LogP contribution in [0.5, 0.6) is 0 Å². The van der Waals surface area contributed by atoms with Crippen LogP contribution in [0.3, 0.4) is 0 Å². The van der Waals surface area contributed by atoms with Gasteiger partial charge >= 0.3 is 0 Å². The van der Waals surface area contributed by atoms with Crippen LogP contribution < -0.4 is 0 Å². The Hall–Kier alpha value is -1.07. The van der Waals surface area contributed by atoms with Gasteiger partial charge in [0.05, 0.1) is 22.4 Å². The Labute approximate surface area is 116 Å². The second kappa shape index (κ2) is 5.71. The molecular formula is C13H14N2OS2. The van der Waals surface area contributed by atoms with Gasteiger partial charge in [-0.25, -0.2) is 9.97 Å². The van der Waals surface area contributed by atoms with Crippen LogP contribution in [0.2, 0.25) is 0 Å². The fourth-order valence-electron chi connectivity index (χ4n) is 1.73. The molecule has 1 aromatic carbocycles. The molecule has 0 N–H and O–H groups in total. The van der Waals surface area contributed by atoms with Crippen LogP contribution in [-0.4, -0.2) is 22.0 Å². The Morgan fingerprint density at radius 3 is 2.61 bits per heavy atom. The van der Waals surface area contributed by atoms with Crippen molar-refractivity contribution in [2.75, 3.05) is 6.26 Å². The van der Waals surface area contributed by atoms with Crippen molar-refractivity contribution in [2.24, 2.45) is 0 Å². The number of thiol groups is 1. The van der Waals surface area contributed by atoms with E-state index in [1.165, 1.54) is 0 Å². The zero-order chi connectivity index (χ0) is 13.1. The second-order valence-corrected chi connectivity index (χ2v) is 5.15. The molecule has 3 nitrogen and oxygen atoms in total. The first kappa shape index (κ1) is 13.4. The summed E-state index contributed by atoms with van der Waals surface area (Å²) in [6.45, 7) is 1.55. The first-order valence-corrected chi connectivity index (χ1v) is 7.58. The van der Waals surface area contributed by atoms with E-state index in [9.17, 15) is 4.79 Å². The summed E-state index contributed by atoms with van der Waals surface area (Å²) in [5.74, 6) is 1.43. The molecular weight excluding hydrogens is 264 g/mol. The summed E-state index contributed by atoms with van der Waals surface area (Å²) < 4.78 is 0. The predicted octanol–water partition coefficient (Wildman–Crippen LogP) is 3.13. The third-order valence-corrected chi connectivity index (χ3v) is 3.52. The van der Waals surface area contributed by atoms with Gasteiger partial charge in [0.15, 0.2) is 5.78 Å².